The second kappa shape index (κ2) is 3.86. The molecule has 0 atom stereocenters. The fourth-order valence-corrected chi connectivity index (χ4v) is 1.46. The van der Waals surface area contributed by atoms with Gasteiger partial charge in [0.05, 0.1) is 22.5 Å². The number of aromatic nitrogens is 2. The summed E-state index contributed by atoms with van der Waals surface area (Å²) in [5.41, 5.74) is 0.303. The Morgan fingerprint density at radius 1 is 1.44 bits per heavy atom. The van der Waals surface area contributed by atoms with E-state index < -0.39 is 5.97 Å². The number of halogens is 1. The Morgan fingerprint density at radius 3 is 2.75 bits per heavy atom. The first-order valence-corrected chi connectivity index (χ1v) is 4.72. The maximum atomic E-state index is 11.0. The summed E-state index contributed by atoms with van der Waals surface area (Å²) >= 11 is 5.69. The van der Waals surface area contributed by atoms with E-state index in [1.165, 1.54) is 29.2 Å². The van der Waals surface area contributed by atoms with Crippen molar-refractivity contribution < 1.29 is 15.0 Å². The number of rotatable bonds is 2. The van der Waals surface area contributed by atoms with Gasteiger partial charge < -0.3 is 10.2 Å². The zero-order chi connectivity index (χ0) is 11.7. The van der Waals surface area contributed by atoms with Crippen LogP contribution in [0.2, 0.25) is 5.02 Å². The molecule has 2 rings (SSSR count). The smallest absolute Gasteiger partial charge is 0.338 e. The lowest BCUT2D eigenvalue weighted by Gasteiger charge is -2.05. The minimum Gasteiger partial charge on any atom is -0.508 e. The number of carboxylic acids is 1. The maximum absolute atomic E-state index is 11.0. The van der Waals surface area contributed by atoms with Gasteiger partial charge in [0.1, 0.15) is 5.75 Å². The first-order valence-electron chi connectivity index (χ1n) is 4.35. The number of phenolic OH excluding ortho intramolecular Hbond substituents is 1. The SMILES string of the molecule is O=C(O)c1cc(O)ccc1-n1cc(Cl)cn1. The molecular formula is C10H7ClN2O3. The van der Waals surface area contributed by atoms with Crippen LogP contribution >= 0.6 is 11.6 Å². The van der Waals surface area contributed by atoms with E-state index in [4.69, 9.17) is 16.7 Å². The molecule has 82 valence electrons. The van der Waals surface area contributed by atoms with Gasteiger partial charge in [-0.25, -0.2) is 9.48 Å². The van der Waals surface area contributed by atoms with Gasteiger partial charge >= 0.3 is 5.97 Å². The first kappa shape index (κ1) is 10.5. The zero-order valence-electron chi connectivity index (χ0n) is 7.96. The summed E-state index contributed by atoms with van der Waals surface area (Å²) in [7, 11) is 0. The Balaban J connectivity index is 2.60. The molecule has 5 nitrogen and oxygen atoms in total. The number of phenols is 1. The van der Waals surface area contributed by atoms with Crippen LogP contribution in [-0.4, -0.2) is 26.0 Å². The number of hydrogen-bond donors (Lipinski definition) is 2. The zero-order valence-corrected chi connectivity index (χ0v) is 8.72. The Labute approximate surface area is 95.5 Å². The standard InChI is InChI=1S/C10H7ClN2O3/c11-6-4-12-13(5-6)9-2-1-7(14)3-8(9)10(15)16/h1-5,14H,(H,15,16). The van der Waals surface area contributed by atoms with Crippen molar-refractivity contribution in [1.29, 1.82) is 0 Å². The molecule has 1 aromatic heterocycles. The Hall–Kier alpha value is -2.01. The summed E-state index contributed by atoms with van der Waals surface area (Å²) in [6.45, 7) is 0. The van der Waals surface area contributed by atoms with E-state index in [0.717, 1.165) is 6.07 Å². The third-order valence-electron chi connectivity index (χ3n) is 2.01. The normalized spacial score (nSPS) is 10.3. The van der Waals surface area contributed by atoms with Gasteiger partial charge in [-0.3, -0.25) is 0 Å². The number of hydrogen-bond acceptors (Lipinski definition) is 3. The molecular weight excluding hydrogens is 232 g/mol. The third kappa shape index (κ3) is 1.85. The van der Waals surface area contributed by atoms with Crippen molar-refractivity contribution in [2.24, 2.45) is 0 Å². The van der Waals surface area contributed by atoms with Gasteiger partial charge in [0.15, 0.2) is 0 Å². The molecule has 0 aliphatic carbocycles. The summed E-state index contributed by atoms with van der Waals surface area (Å²) in [6, 6.07) is 4.01. The van der Waals surface area contributed by atoms with Crippen molar-refractivity contribution >= 4 is 17.6 Å². The second-order valence-corrected chi connectivity index (χ2v) is 3.55. The van der Waals surface area contributed by atoms with Crippen LogP contribution in [0.3, 0.4) is 0 Å². The quantitative estimate of drug-likeness (QED) is 0.838. The summed E-state index contributed by atoms with van der Waals surface area (Å²) in [4.78, 5) is 11.0. The molecule has 0 bridgehead atoms. The van der Waals surface area contributed by atoms with Gasteiger partial charge in [-0.1, -0.05) is 11.6 Å². The van der Waals surface area contributed by atoms with Gasteiger partial charge in [-0.2, -0.15) is 5.10 Å². The fourth-order valence-electron chi connectivity index (χ4n) is 1.33. The molecule has 0 saturated heterocycles. The highest BCUT2D eigenvalue weighted by Gasteiger charge is 2.13. The lowest BCUT2D eigenvalue weighted by molar-refractivity contribution is 0.0696. The average molecular weight is 239 g/mol. The van der Waals surface area contributed by atoms with Crippen molar-refractivity contribution in [2.75, 3.05) is 0 Å². The molecule has 0 radical (unpaired) electrons. The molecule has 0 fully saturated rings. The van der Waals surface area contributed by atoms with Gasteiger partial charge in [-0.15, -0.1) is 0 Å². The minimum atomic E-state index is -1.14. The molecule has 0 aliphatic rings. The van der Waals surface area contributed by atoms with E-state index in [9.17, 15) is 9.90 Å². The minimum absolute atomic E-state index is 0.0419. The largest absolute Gasteiger partial charge is 0.508 e. The van der Waals surface area contributed by atoms with Gasteiger partial charge in [0.25, 0.3) is 0 Å². The van der Waals surface area contributed by atoms with Crippen molar-refractivity contribution in [1.82, 2.24) is 9.78 Å². The summed E-state index contributed by atoms with van der Waals surface area (Å²) in [5, 5.41) is 22.5. The van der Waals surface area contributed by atoms with Crippen LogP contribution in [0.15, 0.2) is 30.6 Å². The first-order chi connectivity index (χ1) is 7.58. The van der Waals surface area contributed by atoms with Crippen molar-refractivity contribution in [3.8, 4) is 11.4 Å². The molecule has 1 heterocycles. The monoisotopic (exact) mass is 238 g/mol. The van der Waals surface area contributed by atoms with Crippen molar-refractivity contribution in [2.45, 2.75) is 0 Å². The molecule has 0 amide bonds. The fraction of sp³-hybridized carbons (Fsp3) is 0. The summed E-state index contributed by atoms with van der Waals surface area (Å²) < 4.78 is 1.34. The number of benzene rings is 1. The predicted octanol–water partition coefficient (Wildman–Crippen LogP) is 1.93. The Morgan fingerprint density at radius 2 is 2.19 bits per heavy atom. The molecule has 0 saturated carbocycles. The highest BCUT2D eigenvalue weighted by molar-refractivity contribution is 6.30. The van der Waals surface area contributed by atoms with E-state index in [-0.39, 0.29) is 11.3 Å². The van der Waals surface area contributed by atoms with E-state index in [1.54, 1.807) is 0 Å². The van der Waals surface area contributed by atoms with Crippen LogP contribution in [-0.2, 0) is 0 Å². The molecule has 2 aromatic rings. The van der Waals surface area contributed by atoms with Gasteiger partial charge in [-0.05, 0) is 18.2 Å². The summed E-state index contributed by atoms with van der Waals surface area (Å²) in [5.74, 6) is -1.25. The lowest BCUT2D eigenvalue weighted by Crippen LogP contribution is -2.05. The molecule has 1 aromatic carbocycles. The van der Waals surface area contributed by atoms with Crippen LogP contribution in [0, 0.1) is 0 Å². The van der Waals surface area contributed by atoms with E-state index in [0.29, 0.717) is 10.7 Å². The molecule has 0 spiro atoms. The van der Waals surface area contributed by atoms with Gasteiger partial charge in [0, 0.05) is 6.20 Å². The number of carbonyl (C=O) groups is 1. The highest BCUT2D eigenvalue weighted by Crippen LogP contribution is 2.21. The van der Waals surface area contributed by atoms with Gasteiger partial charge in [0.2, 0.25) is 0 Å². The van der Waals surface area contributed by atoms with Crippen LogP contribution < -0.4 is 0 Å². The molecule has 16 heavy (non-hydrogen) atoms. The van der Waals surface area contributed by atoms with Crippen LogP contribution in [0.5, 0.6) is 5.75 Å². The average Bonchev–Trinajstić information content (AvgIpc) is 2.64. The van der Waals surface area contributed by atoms with Crippen LogP contribution in [0.1, 0.15) is 10.4 Å². The highest BCUT2D eigenvalue weighted by atomic mass is 35.5. The van der Waals surface area contributed by atoms with Crippen molar-refractivity contribution in [3.05, 3.63) is 41.2 Å². The summed E-state index contributed by atoms with van der Waals surface area (Å²) in [6.07, 6.45) is 2.89. The van der Waals surface area contributed by atoms with E-state index >= 15 is 0 Å². The third-order valence-corrected chi connectivity index (χ3v) is 2.20. The van der Waals surface area contributed by atoms with Crippen LogP contribution in [0.4, 0.5) is 0 Å². The lowest BCUT2D eigenvalue weighted by atomic mass is 10.1. The number of carboxylic acid groups (broad SMARTS) is 1. The topological polar surface area (TPSA) is 75.3 Å². The molecule has 0 aliphatic heterocycles. The second-order valence-electron chi connectivity index (χ2n) is 3.11. The molecule has 6 heteroatoms. The Bertz CT molecular complexity index is 551. The molecule has 2 N–H and O–H groups in total. The Kier molecular flexibility index (Phi) is 2.54. The van der Waals surface area contributed by atoms with Crippen molar-refractivity contribution in [3.63, 3.8) is 0 Å². The number of aromatic carboxylic acids is 1. The van der Waals surface area contributed by atoms with E-state index in [2.05, 4.69) is 5.10 Å². The maximum Gasteiger partial charge on any atom is 0.338 e. The van der Waals surface area contributed by atoms with Crippen LogP contribution in [0.25, 0.3) is 5.69 Å². The molecule has 0 unspecified atom stereocenters. The predicted molar refractivity (Wildman–Crippen MR) is 57.2 cm³/mol. The number of aromatic hydroxyl groups is 1. The van der Waals surface area contributed by atoms with E-state index in [1.807, 2.05) is 0 Å². The number of nitrogens with zero attached hydrogens (tertiary/aromatic N) is 2.